The zero-order valence-electron chi connectivity index (χ0n) is 40.0. The fourth-order valence-corrected chi connectivity index (χ4v) is 10.7. The number of benzene rings is 4. The highest BCUT2D eigenvalue weighted by Crippen LogP contribution is 2.47. The predicted octanol–water partition coefficient (Wildman–Crippen LogP) is 9.89. The first kappa shape index (κ1) is 52.5. The first-order valence-corrected chi connectivity index (χ1v) is 25.7. The smallest absolute Gasteiger partial charge is 0.254 e. The zero-order chi connectivity index (χ0) is 50.7. The SMILES string of the molecule is CI.COc1cc(C(=O)N2CC[C@]3(c4cccc(F)c4)OCO[C@@H]3C2)ccc1N(C)CC1CC(F)(F)C1.COc1cc(C(=O)N2CC[C@]3(c4cccc(F)c4)OCO[C@@H]3C2)ccc1NCC1CC(F)(F)C1. The molecular weight excluding hydrogens is 1050 g/mol. The maximum absolute atomic E-state index is 13.9. The fraction of sp³-hybridized carbons (Fsp3) is 0.500. The topological polar surface area (TPSA) is 111 Å². The van der Waals surface area contributed by atoms with E-state index in [4.69, 9.17) is 28.4 Å². The number of piperidine rings is 2. The molecule has 4 aromatic rings. The number of carbonyl (C=O) groups is 2. The highest BCUT2D eigenvalue weighted by Gasteiger charge is 2.53. The van der Waals surface area contributed by atoms with E-state index in [1.54, 1.807) is 58.3 Å². The van der Waals surface area contributed by atoms with E-state index in [-0.39, 0.29) is 74.6 Å². The van der Waals surface area contributed by atoms with Crippen LogP contribution in [0.5, 0.6) is 11.5 Å². The van der Waals surface area contributed by atoms with Gasteiger partial charge in [-0.05, 0) is 88.6 Å². The Hall–Kier alpha value is -4.83. The molecule has 4 aliphatic heterocycles. The first-order valence-electron chi connectivity index (χ1n) is 23.6. The summed E-state index contributed by atoms with van der Waals surface area (Å²) in [6.07, 6.45) is -0.280. The average Bonchev–Trinajstić information content (AvgIpc) is 4.00. The van der Waals surface area contributed by atoms with Gasteiger partial charge in [-0.2, -0.15) is 0 Å². The van der Waals surface area contributed by atoms with Crippen LogP contribution in [0.4, 0.5) is 37.7 Å². The van der Waals surface area contributed by atoms with E-state index in [0.717, 1.165) is 5.69 Å². The number of fused-ring (bicyclic) bond motifs is 2. The summed E-state index contributed by atoms with van der Waals surface area (Å²) < 4.78 is 115. The van der Waals surface area contributed by atoms with Crippen molar-refractivity contribution < 1.29 is 64.4 Å². The van der Waals surface area contributed by atoms with Crippen molar-refractivity contribution in [2.75, 3.05) is 89.3 Å². The van der Waals surface area contributed by atoms with Crippen molar-refractivity contribution in [3.8, 4) is 11.5 Å². The van der Waals surface area contributed by atoms with Crippen LogP contribution >= 0.6 is 22.6 Å². The van der Waals surface area contributed by atoms with Gasteiger partial charge in [0.2, 0.25) is 11.8 Å². The van der Waals surface area contributed by atoms with Crippen molar-refractivity contribution in [1.82, 2.24) is 9.80 Å². The van der Waals surface area contributed by atoms with E-state index >= 15 is 0 Å². The van der Waals surface area contributed by atoms with Crippen LogP contribution in [0.2, 0.25) is 0 Å². The molecular formula is C52H59F6IN4O8. The van der Waals surface area contributed by atoms with E-state index in [1.807, 2.05) is 29.0 Å². The normalized spacial score (nSPS) is 25.2. The molecule has 4 aromatic carbocycles. The minimum absolute atomic E-state index is 0.0682. The van der Waals surface area contributed by atoms with Gasteiger partial charge in [0.1, 0.15) is 60.1 Å². The van der Waals surface area contributed by atoms with Crippen LogP contribution in [0.25, 0.3) is 0 Å². The Morgan fingerprint density at radius 3 is 1.65 bits per heavy atom. The summed E-state index contributed by atoms with van der Waals surface area (Å²) in [5.41, 5.74) is 2.19. The highest BCUT2D eigenvalue weighted by atomic mass is 127. The van der Waals surface area contributed by atoms with E-state index in [1.165, 1.54) is 38.5 Å². The van der Waals surface area contributed by atoms with Crippen LogP contribution in [0.1, 0.15) is 70.4 Å². The second-order valence-corrected chi connectivity index (χ2v) is 19.0. The lowest BCUT2D eigenvalue weighted by Crippen LogP contribution is -2.53. The maximum atomic E-state index is 13.9. The summed E-state index contributed by atoms with van der Waals surface area (Å²) >= 11 is 2.15. The van der Waals surface area contributed by atoms with Gasteiger partial charge in [0, 0.05) is 82.9 Å². The Balaban J connectivity index is 0.000000184. The maximum Gasteiger partial charge on any atom is 0.254 e. The summed E-state index contributed by atoms with van der Waals surface area (Å²) in [6, 6.07) is 22.9. The molecule has 4 atom stereocenters. The largest absolute Gasteiger partial charge is 0.495 e. The Kier molecular flexibility index (Phi) is 16.1. The molecule has 2 aliphatic carbocycles. The molecule has 0 bridgehead atoms. The highest BCUT2D eigenvalue weighted by molar-refractivity contribution is 14.1. The number of amides is 2. The fourth-order valence-electron chi connectivity index (χ4n) is 10.7. The van der Waals surface area contributed by atoms with Gasteiger partial charge in [0.15, 0.2) is 0 Å². The van der Waals surface area contributed by atoms with E-state index < -0.39 is 35.3 Å². The number of anilines is 2. The summed E-state index contributed by atoms with van der Waals surface area (Å²) in [6.45, 7) is 2.57. The van der Waals surface area contributed by atoms with E-state index in [2.05, 4.69) is 27.9 Å². The minimum atomic E-state index is -2.55. The second-order valence-electron chi connectivity index (χ2n) is 19.0. The number of rotatable bonds is 12. The third-order valence-electron chi connectivity index (χ3n) is 14.4. The van der Waals surface area contributed by atoms with Crippen LogP contribution in [-0.4, -0.2) is 125 Å². The van der Waals surface area contributed by atoms with Crippen molar-refractivity contribution >= 4 is 45.8 Å². The Morgan fingerprint density at radius 2 is 1.17 bits per heavy atom. The number of likely N-dealkylation sites (tertiary alicyclic amines) is 2. The standard InChI is InChI=1S/C26H29F3N2O4.C25H27F3N2O4.CH3I/c1-30(14-17-12-25(28,29)13-17)21-7-6-18(10-22(21)33-2)24(32)31-9-8-26(23(15-31)34-16-35-26)19-4-3-5-20(27)11-19;1-32-21-9-17(5-6-20(21)29-13-16-11-24(27,28)12-16)23(31)30-8-7-25(22(14-30)33-15-34-25)18-3-2-4-19(26)10-18;1-2/h3-7,10-11,17,23H,8-9,12-16H2,1-2H3;2-6,9-10,16,22,29H,7-8,11-15H2,1H3;1H3/t23-,26-;22-,25-;/m11./s1. The number of methoxy groups -OCH3 is 2. The lowest BCUT2D eigenvalue weighted by Gasteiger charge is -2.42. The van der Waals surface area contributed by atoms with Gasteiger partial charge in [-0.25, -0.2) is 26.3 Å². The molecule has 19 heteroatoms. The van der Waals surface area contributed by atoms with Gasteiger partial charge in [0.05, 0.1) is 38.7 Å². The summed E-state index contributed by atoms with van der Waals surface area (Å²) in [7, 11) is 4.87. The van der Waals surface area contributed by atoms with Crippen molar-refractivity contribution in [2.24, 2.45) is 11.8 Å². The number of alkyl halides is 5. The molecule has 6 aliphatic rings. The molecule has 10 rings (SSSR count). The molecule has 4 heterocycles. The van der Waals surface area contributed by atoms with Gasteiger partial charge >= 0.3 is 0 Å². The van der Waals surface area contributed by atoms with Crippen molar-refractivity contribution in [3.63, 3.8) is 0 Å². The molecule has 0 radical (unpaired) electrons. The van der Waals surface area contributed by atoms with Crippen LogP contribution in [0.3, 0.4) is 0 Å². The predicted molar refractivity (Wildman–Crippen MR) is 262 cm³/mol. The zero-order valence-corrected chi connectivity index (χ0v) is 42.2. The number of hydrogen-bond acceptors (Lipinski definition) is 10. The van der Waals surface area contributed by atoms with E-state index in [0.29, 0.717) is 91.6 Å². The van der Waals surface area contributed by atoms with E-state index in [9.17, 15) is 35.9 Å². The van der Waals surface area contributed by atoms with Gasteiger partial charge in [0.25, 0.3) is 11.8 Å². The molecule has 12 nitrogen and oxygen atoms in total. The quantitative estimate of drug-likeness (QED) is 0.0837. The Labute approximate surface area is 423 Å². The lowest BCUT2D eigenvalue weighted by atomic mass is 9.81. The molecule has 71 heavy (non-hydrogen) atoms. The lowest BCUT2D eigenvalue weighted by molar-refractivity contribution is -0.107. The van der Waals surface area contributed by atoms with Crippen molar-refractivity contribution in [2.45, 2.75) is 73.8 Å². The number of hydrogen-bond donors (Lipinski definition) is 1. The third kappa shape index (κ3) is 11.2. The van der Waals surface area contributed by atoms with Gasteiger partial charge < -0.3 is 48.4 Å². The molecule has 4 saturated heterocycles. The number of halogens is 7. The molecule has 1 N–H and O–H groups in total. The average molecular weight is 1110 g/mol. The summed E-state index contributed by atoms with van der Waals surface area (Å²) in [5.74, 6) is -5.30. The number of carbonyl (C=O) groups excluding carboxylic acids is 2. The molecule has 0 unspecified atom stereocenters. The Bertz CT molecular complexity index is 2530. The number of nitrogens with zero attached hydrogens (tertiary/aromatic N) is 3. The molecule has 0 aromatic heterocycles. The molecule has 0 spiro atoms. The summed E-state index contributed by atoms with van der Waals surface area (Å²) in [4.78, 5) is 33.9. The molecule has 2 amide bonds. The van der Waals surface area contributed by atoms with Crippen molar-refractivity contribution in [3.05, 3.63) is 119 Å². The Morgan fingerprint density at radius 1 is 0.690 bits per heavy atom. The van der Waals surface area contributed by atoms with Crippen LogP contribution < -0.4 is 19.7 Å². The van der Waals surface area contributed by atoms with Gasteiger partial charge in [-0.3, -0.25) is 9.59 Å². The van der Waals surface area contributed by atoms with Crippen LogP contribution in [0.15, 0.2) is 84.9 Å². The number of nitrogens with one attached hydrogen (secondary N) is 1. The van der Waals surface area contributed by atoms with Crippen LogP contribution in [0, 0.1) is 23.5 Å². The van der Waals surface area contributed by atoms with Gasteiger partial charge in [-0.1, -0.05) is 46.9 Å². The molecule has 6 fully saturated rings. The van der Waals surface area contributed by atoms with Crippen molar-refractivity contribution in [1.29, 1.82) is 0 Å². The summed E-state index contributed by atoms with van der Waals surface area (Å²) in [5, 5.41) is 3.16. The molecule has 2 saturated carbocycles. The third-order valence-corrected chi connectivity index (χ3v) is 14.4. The second kappa shape index (κ2) is 21.7. The monoisotopic (exact) mass is 1110 g/mol. The molecule has 384 valence electrons. The number of ether oxygens (including phenoxy) is 6. The van der Waals surface area contributed by atoms with Crippen LogP contribution in [-0.2, 0) is 30.1 Å². The first-order chi connectivity index (χ1) is 34.0. The minimum Gasteiger partial charge on any atom is -0.495 e. The van der Waals surface area contributed by atoms with Gasteiger partial charge in [-0.15, -0.1) is 0 Å².